The summed E-state index contributed by atoms with van der Waals surface area (Å²) in [6, 6.07) is 18.2. The normalized spacial score (nSPS) is 18.7. The zero-order chi connectivity index (χ0) is 22.3. The van der Waals surface area contributed by atoms with Gasteiger partial charge in [0.2, 0.25) is 6.79 Å². The zero-order valence-corrected chi connectivity index (χ0v) is 18.3. The van der Waals surface area contributed by atoms with Gasteiger partial charge < -0.3 is 25.2 Å². The van der Waals surface area contributed by atoms with Gasteiger partial charge in [0.05, 0.1) is 5.69 Å². The molecule has 5 rings (SSSR count). The second-order valence-corrected chi connectivity index (χ2v) is 8.25. The van der Waals surface area contributed by atoms with Crippen LogP contribution in [0.4, 0.5) is 16.2 Å². The van der Waals surface area contributed by atoms with Crippen LogP contribution in [0, 0.1) is 0 Å². The molecule has 162 valence electrons. The SMILES string of the molecule is O=C1Nc2ccc(Br)cc2[C@@](O)(C(=O)NCc2ccc3c(c2)OCO3)N1c1ccccc1. The summed E-state index contributed by atoms with van der Waals surface area (Å²) in [7, 11) is 0. The van der Waals surface area contributed by atoms with Crippen molar-refractivity contribution < 1.29 is 24.2 Å². The number of carbonyl (C=O) groups is 2. The first-order valence-corrected chi connectivity index (χ1v) is 10.6. The molecule has 2 aliphatic rings. The van der Waals surface area contributed by atoms with Crippen molar-refractivity contribution in [3.05, 3.63) is 82.3 Å². The quantitative estimate of drug-likeness (QED) is 0.512. The predicted octanol–water partition coefficient (Wildman–Crippen LogP) is 3.69. The van der Waals surface area contributed by atoms with Crippen LogP contribution < -0.4 is 25.0 Å². The van der Waals surface area contributed by atoms with Gasteiger partial charge in [-0.2, -0.15) is 0 Å². The number of ether oxygens (including phenoxy) is 2. The highest BCUT2D eigenvalue weighted by Crippen LogP contribution is 2.41. The first-order valence-electron chi connectivity index (χ1n) is 9.82. The monoisotopic (exact) mass is 495 g/mol. The van der Waals surface area contributed by atoms with Crippen LogP contribution in [0.25, 0.3) is 0 Å². The van der Waals surface area contributed by atoms with E-state index in [1.54, 1.807) is 66.7 Å². The molecule has 3 aromatic rings. The minimum absolute atomic E-state index is 0.116. The standard InChI is InChI=1S/C23H18BrN3O5/c24-15-7-8-18-17(11-15)23(30,27(22(29)26-18)16-4-2-1-3-5-16)21(28)25-12-14-6-9-19-20(10-14)32-13-31-19/h1-11,30H,12-13H2,(H,25,28)(H,26,29)/t23-/m1/s1. The van der Waals surface area contributed by atoms with Crippen molar-refractivity contribution in [1.29, 1.82) is 0 Å². The first kappa shape index (κ1) is 20.3. The largest absolute Gasteiger partial charge is 0.454 e. The summed E-state index contributed by atoms with van der Waals surface area (Å²) in [4.78, 5) is 27.5. The molecule has 0 unspecified atom stereocenters. The average molecular weight is 496 g/mol. The first-order chi connectivity index (χ1) is 15.5. The number of nitrogens with one attached hydrogen (secondary N) is 2. The van der Waals surface area contributed by atoms with Crippen LogP contribution in [-0.2, 0) is 17.1 Å². The average Bonchev–Trinajstić information content (AvgIpc) is 3.27. The molecule has 3 N–H and O–H groups in total. The van der Waals surface area contributed by atoms with E-state index in [0.29, 0.717) is 27.3 Å². The fraction of sp³-hybridized carbons (Fsp3) is 0.130. The number of fused-ring (bicyclic) bond motifs is 2. The van der Waals surface area contributed by atoms with Gasteiger partial charge in [-0.15, -0.1) is 0 Å². The number of hydrogen-bond acceptors (Lipinski definition) is 5. The van der Waals surface area contributed by atoms with E-state index in [1.165, 1.54) is 0 Å². The smallest absolute Gasteiger partial charge is 0.329 e. The predicted molar refractivity (Wildman–Crippen MR) is 120 cm³/mol. The van der Waals surface area contributed by atoms with Gasteiger partial charge in [-0.1, -0.05) is 40.2 Å². The number of benzene rings is 3. The van der Waals surface area contributed by atoms with Gasteiger partial charge in [-0.05, 0) is 48.0 Å². The van der Waals surface area contributed by atoms with Gasteiger partial charge in [0.25, 0.3) is 11.6 Å². The molecule has 3 amide bonds. The minimum atomic E-state index is -2.28. The van der Waals surface area contributed by atoms with Gasteiger partial charge in [-0.25, -0.2) is 4.79 Å². The summed E-state index contributed by atoms with van der Waals surface area (Å²) in [5.41, 5.74) is -0.549. The van der Waals surface area contributed by atoms with Crippen LogP contribution in [0.2, 0.25) is 0 Å². The van der Waals surface area contributed by atoms with Crippen molar-refractivity contribution in [2.45, 2.75) is 12.3 Å². The summed E-state index contributed by atoms with van der Waals surface area (Å²) in [5, 5.41) is 17.3. The van der Waals surface area contributed by atoms with Crippen LogP contribution in [-0.4, -0.2) is 23.8 Å². The fourth-order valence-electron chi connectivity index (χ4n) is 3.81. The Balaban J connectivity index is 1.52. The van der Waals surface area contributed by atoms with E-state index in [0.717, 1.165) is 10.5 Å². The van der Waals surface area contributed by atoms with Crippen molar-refractivity contribution in [1.82, 2.24) is 5.32 Å². The Morgan fingerprint density at radius 3 is 2.69 bits per heavy atom. The molecule has 3 aromatic carbocycles. The lowest BCUT2D eigenvalue weighted by atomic mass is 9.94. The Morgan fingerprint density at radius 1 is 1.09 bits per heavy atom. The van der Waals surface area contributed by atoms with Crippen LogP contribution in [0.1, 0.15) is 11.1 Å². The van der Waals surface area contributed by atoms with Crippen molar-refractivity contribution in [3.63, 3.8) is 0 Å². The van der Waals surface area contributed by atoms with E-state index >= 15 is 0 Å². The maximum absolute atomic E-state index is 13.5. The summed E-state index contributed by atoms with van der Waals surface area (Å²) >= 11 is 3.39. The number of hydrogen-bond donors (Lipinski definition) is 3. The molecule has 2 heterocycles. The lowest BCUT2D eigenvalue weighted by Gasteiger charge is -2.42. The minimum Gasteiger partial charge on any atom is -0.454 e. The molecule has 9 heteroatoms. The van der Waals surface area contributed by atoms with Crippen LogP contribution >= 0.6 is 15.9 Å². The van der Waals surface area contributed by atoms with Crippen LogP contribution in [0.15, 0.2) is 71.2 Å². The number of halogens is 1. The molecule has 32 heavy (non-hydrogen) atoms. The number of amides is 3. The van der Waals surface area contributed by atoms with Gasteiger partial charge in [0, 0.05) is 22.3 Å². The van der Waals surface area contributed by atoms with E-state index in [-0.39, 0.29) is 18.9 Å². The third kappa shape index (κ3) is 3.35. The highest BCUT2D eigenvalue weighted by atomic mass is 79.9. The van der Waals surface area contributed by atoms with E-state index in [1.807, 2.05) is 0 Å². The molecule has 2 aliphatic heterocycles. The molecule has 1 atom stereocenters. The Labute approximate surface area is 191 Å². The maximum Gasteiger partial charge on any atom is 0.329 e. The number of anilines is 2. The van der Waals surface area contributed by atoms with E-state index in [9.17, 15) is 14.7 Å². The Morgan fingerprint density at radius 2 is 1.88 bits per heavy atom. The Hall–Kier alpha value is -3.56. The number of rotatable bonds is 4. The Bertz CT molecular complexity index is 1220. The topological polar surface area (TPSA) is 100 Å². The second-order valence-electron chi connectivity index (χ2n) is 7.33. The number of urea groups is 1. The van der Waals surface area contributed by atoms with E-state index < -0.39 is 17.7 Å². The van der Waals surface area contributed by atoms with E-state index in [4.69, 9.17) is 9.47 Å². The highest BCUT2D eigenvalue weighted by Gasteiger charge is 2.52. The fourth-order valence-corrected chi connectivity index (χ4v) is 4.18. The van der Waals surface area contributed by atoms with Crippen molar-refractivity contribution in [3.8, 4) is 11.5 Å². The summed E-state index contributed by atoms with van der Waals surface area (Å²) in [6.07, 6.45) is 0. The number of para-hydroxylation sites is 1. The maximum atomic E-state index is 13.5. The molecule has 0 aromatic heterocycles. The molecular formula is C23H18BrN3O5. The van der Waals surface area contributed by atoms with E-state index in [2.05, 4.69) is 26.6 Å². The Kier molecular flexibility index (Phi) is 4.99. The molecule has 8 nitrogen and oxygen atoms in total. The van der Waals surface area contributed by atoms with Gasteiger partial charge in [0.1, 0.15) is 0 Å². The molecule has 0 radical (unpaired) electrons. The van der Waals surface area contributed by atoms with Crippen molar-refractivity contribution in [2.24, 2.45) is 0 Å². The lowest BCUT2D eigenvalue weighted by Crippen LogP contribution is -2.62. The van der Waals surface area contributed by atoms with Crippen LogP contribution in [0.5, 0.6) is 11.5 Å². The molecule has 0 aliphatic carbocycles. The lowest BCUT2D eigenvalue weighted by molar-refractivity contribution is -0.140. The molecule has 0 spiro atoms. The highest BCUT2D eigenvalue weighted by molar-refractivity contribution is 9.10. The number of nitrogens with zero attached hydrogens (tertiary/aromatic N) is 1. The molecule has 0 fully saturated rings. The molecule has 0 bridgehead atoms. The molecular weight excluding hydrogens is 478 g/mol. The summed E-state index contributed by atoms with van der Waals surface area (Å²) < 4.78 is 11.3. The van der Waals surface area contributed by atoms with Crippen molar-refractivity contribution >= 4 is 39.2 Å². The van der Waals surface area contributed by atoms with Crippen LogP contribution in [0.3, 0.4) is 0 Å². The zero-order valence-electron chi connectivity index (χ0n) is 16.7. The second kappa shape index (κ2) is 7.85. The molecule has 0 saturated heterocycles. The third-order valence-electron chi connectivity index (χ3n) is 5.35. The third-order valence-corrected chi connectivity index (χ3v) is 5.84. The van der Waals surface area contributed by atoms with Gasteiger partial charge >= 0.3 is 6.03 Å². The summed E-state index contributed by atoms with van der Waals surface area (Å²) in [6.45, 7) is 0.267. The number of aliphatic hydroxyl groups is 1. The molecule has 0 saturated carbocycles. The van der Waals surface area contributed by atoms with Gasteiger partial charge in [-0.3, -0.25) is 9.69 Å². The van der Waals surface area contributed by atoms with Gasteiger partial charge in [0.15, 0.2) is 11.5 Å². The number of carbonyl (C=O) groups excluding carboxylic acids is 2. The van der Waals surface area contributed by atoms with Crippen molar-refractivity contribution in [2.75, 3.05) is 17.0 Å². The summed E-state index contributed by atoms with van der Waals surface area (Å²) in [5.74, 6) is 0.484.